The normalized spacial score (nSPS) is 24.1. The van der Waals surface area contributed by atoms with Crippen molar-refractivity contribution in [1.82, 2.24) is 5.31 Å². The highest BCUT2D eigenvalue weighted by Crippen LogP contribution is 2.38. The van der Waals surface area contributed by atoms with Crippen LogP contribution < -0.4 is 14.9 Å². The third-order valence-electron chi connectivity index (χ3n) is 3.12. The van der Waals surface area contributed by atoms with Gasteiger partial charge in [-0.2, -0.15) is 0 Å². The summed E-state index contributed by atoms with van der Waals surface area (Å²) < 4.78 is 42.5. The molecule has 6 heteroatoms. The van der Waals surface area contributed by atoms with Crippen molar-refractivity contribution in [3.05, 3.63) is 23.8 Å². The van der Waals surface area contributed by atoms with E-state index in [0.717, 1.165) is 5.69 Å². The lowest BCUT2D eigenvalue weighted by atomic mass is 10.1. The fourth-order valence-electron chi connectivity index (χ4n) is 2.25. The lowest BCUT2D eigenvalue weighted by Crippen LogP contribution is -2.44. The molecule has 18 heavy (non-hydrogen) atoms. The fourth-order valence-corrected chi connectivity index (χ4v) is 2.25. The van der Waals surface area contributed by atoms with Gasteiger partial charge in [0.05, 0.1) is 6.61 Å². The molecule has 0 aromatic heterocycles. The van der Waals surface area contributed by atoms with E-state index in [9.17, 15) is 8.78 Å². The molecule has 0 aliphatic carbocycles. The molecular weight excluding hydrogens is 242 g/mol. The zero-order chi connectivity index (χ0) is 13.5. The van der Waals surface area contributed by atoms with Crippen LogP contribution in [0, 0.1) is 0 Å². The number of rotatable bonds is 1. The third-order valence-corrected chi connectivity index (χ3v) is 3.12. The second-order valence-electron chi connectivity index (χ2n) is 4.27. The van der Waals surface area contributed by atoms with E-state index < -0.39 is 6.29 Å². The van der Waals surface area contributed by atoms with E-state index in [0.29, 0.717) is 31.7 Å². The maximum absolute atomic E-state index is 13.0. The molecule has 2 aliphatic heterocycles. The van der Waals surface area contributed by atoms with Crippen molar-refractivity contribution in [3.63, 3.8) is 0 Å². The first-order valence-corrected chi connectivity index (χ1v) is 5.87. The Balaban J connectivity index is 1.87. The van der Waals surface area contributed by atoms with Crippen LogP contribution in [0.5, 0.6) is 5.75 Å². The van der Waals surface area contributed by atoms with Crippen LogP contribution in [-0.4, -0.2) is 32.5 Å². The van der Waals surface area contributed by atoms with Crippen molar-refractivity contribution in [2.24, 2.45) is 0 Å². The number of nitrogens with one attached hydrogen (secondary N) is 1. The molecule has 1 N–H and O–H groups in total. The van der Waals surface area contributed by atoms with Gasteiger partial charge in [-0.25, -0.2) is 0 Å². The lowest BCUT2D eigenvalue weighted by Gasteiger charge is -2.33. The summed E-state index contributed by atoms with van der Waals surface area (Å²) in [6.07, 6.45) is -3.55. The molecule has 2 heterocycles. The molecular formula is C12H14F2N2O2. The molecule has 2 aliphatic rings. The summed E-state index contributed by atoms with van der Waals surface area (Å²) in [5.74, 6) is 0.169. The van der Waals surface area contributed by atoms with Gasteiger partial charge < -0.3 is 14.9 Å². The number of piperazine rings is 1. The highest BCUT2D eigenvalue weighted by atomic mass is 19.3. The van der Waals surface area contributed by atoms with Crippen LogP contribution in [0.1, 0.15) is 5.56 Å². The van der Waals surface area contributed by atoms with Gasteiger partial charge in [0.25, 0.3) is 0 Å². The molecule has 0 saturated carbocycles. The second kappa shape index (κ2) is 4.37. The van der Waals surface area contributed by atoms with Crippen LogP contribution >= 0.6 is 0 Å². The molecule has 0 spiro atoms. The van der Waals surface area contributed by atoms with Crippen LogP contribution in [0.2, 0.25) is 1.41 Å². The Morgan fingerprint density at radius 3 is 2.89 bits per heavy atom. The standard InChI is InChI=1S/C12H14F2N2O2/c13-12(14)17-8-9-10(2-1-3-11(9)18-12)16-6-4-15-5-7-16/h1-3,15H,4-8H2/i/hD. The third kappa shape index (κ3) is 2.13. The molecule has 0 atom stereocenters. The molecule has 0 radical (unpaired) electrons. The van der Waals surface area contributed by atoms with Gasteiger partial charge in [0.15, 0.2) is 0 Å². The summed E-state index contributed by atoms with van der Waals surface area (Å²) in [5.41, 5.74) is 1.49. The van der Waals surface area contributed by atoms with Crippen LogP contribution in [0.4, 0.5) is 14.5 Å². The van der Waals surface area contributed by atoms with Gasteiger partial charge in [-0.05, 0) is 12.1 Å². The number of hydrogen-bond donors (Lipinski definition) is 1. The first-order chi connectivity index (χ1) is 9.05. The highest BCUT2D eigenvalue weighted by Gasteiger charge is 2.39. The van der Waals surface area contributed by atoms with Gasteiger partial charge >= 0.3 is 6.29 Å². The van der Waals surface area contributed by atoms with Crippen molar-refractivity contribution in [2.75, 3.05) is 31.1 Å². The molecule has 0 amide bonds. The van der Waals surface area contributed by atoms with E-state index >= 15 is 0 Å². The number of anilines is 1. The van der Waals surface area contributed by atoms with E-state index in [-0.39, 0.29) is 12.4 Å². The largest absolute Gasteiger partial charge is 0.535 e. The molecule has 1 aromatic carbocycles. The van der Waals surface area contributed by atoms with Crippen molar-refractivity contribution in [1.29, 1.82) is 0 Å². The van der Waals surface area contributed by atoms with E-state index in [1.165, 1.54) is 11.4 Å². The molecule has 3 rings (SSSR count). The smallest absolute Gasteiger partial charge is 0.409 e. The Morgan fingerprint density at radius 1 is 1.33 bits per heavy atom. The minimum Gasteiger partial charge on any atom is -0.409 e. The number of alkyl halides is 2. The molecule has 4 nitrogen and oxygen atoms in total. The van der Waals surface area contributed by atoms with Crippen molar-refractivity contribution < 1.29 is 19.7 Å². The number of halogens is 2. The molecule has 1 saturated heterocycles. The summed E-state index contributed by atoms with van der Waals surface area (Å²) in [6.45, 7) is 2.47. The van der Waals surface area contributed by atoms with Crippen LogP contribution in [-0.2, 0) is 11.3 Å². The monoisotopic (exact) mass is 257 g/mol. The fraction of sp³-hybridized carbons (Fsp3) is 0.500. The van der Waals surface area contributed by atoms with Gasteiger partial charge in [0, 0.05) is 37.4 Å². The first-order valence-electron chi connectivity index (χ1n) is 6.31. The predicted octanol–water partition coefficient (Wildman–Crippen LogP) is 1.56. The van der Waals surface area contributed by atoms with Gasteiger partial charge in [0.1, 0.15) is 7.16 Å². The van der Waals surface area contributed by atoms with Crippen molar-refractivity contribution in [3.8, 4) is 5.75 Å². The average molecular weight is 257 g/mol. The summed E-state index contributed by atoms with van der Waals surface area (Å²) >= 11 is 0. The maximum Gasteiger partial charge on any atom is 0.535 e. The molecule has 0 unspecified atom stereocenters. The van der Waals surface area contributed by atoms with Gasteiger partial charge in [0.2, 0.25) is 0 Å². The number of ether oxygens (including phenoxy) is 2. The highest BCUT2D eigenvalue weighted by molar-refractivity contribution is 5.60. The van der Waals surface area contributed by atoms with Crippen LogP contribution in [0.25, 0.3) is 0 Å². The summed E-state index contributed by atoms with van der Waals surface area (Å²) in [4.78, 5) is 2.07. The van der Waals surface area contributed by atoms with Crippen LogP contribution in [0.15, 0.2) is 18.2 Å². The Hall–Kier alpha value is -1.40. The number of fused-ring (bicyclic) bond motifs is 1. The lowest BCUT2D eigenvalue weighted by molar-refractivity contribution is -0.367. The second-order valence-corrected chi connectivity index (χ2v) is 4.27. The number of hydrogen-bond acceptors (Lipinski definition) is 4. The SMILES string of the molecule is [2H]N1CCN(c2cccc3c2COC(F)(F)O3)CC1. The molecule has 0 bridgehead atoms. The van der Waals surface area contributed by atoms with Gasteiger partial charge in [-0.1, -0.05) is 6.07 Å². The van der Waals surface area contributed by atoms with Gasteiger partial charge in [-0.3, -0.25) is 4.74 Å². The van der Waals surface area contributed by atoms with E-state index in [1.54, 1.807) is 6.07 Å². The molecule has 98 valence electrons. The van der Waals surface area contributed by atoms with E-state index in [1.807, 2.05) is 6.07 Å². The number of nitrogens with zero attached hydrogens (tertiary/aromatic N) is 1. The Bertz CT molecular complexity index is 479. The van der Waals surface area contributed by atoms with E-state index in [4.69, 9.17) is 1.41 Å². The summed E-state index contributed by atoms with van der Waals surface area (Å²) in [7, 11) is 0. The maximum atomic E-state index is 13.0. The molecule has 1 fully saturated rings. The van der Waals surface area contributed by atoms with Crippen molar-refractivity contribution in [2.45, 2.75) is 12.9 Å². The van der Waals surface area contributed by atoms with E-state index in [2.05, 4.69) is 14.4 Å². The Labute approximate surface area is 105 Å². The quantitative estimate of drug-likeness (QED) is 0.827. The first kappa shape index (κ1) is 10.5. The summed E-state index contributed by atoms with van der Waals surface area (Å²) in [6, 6.07) is 5.09. The summed E-state index contributed by atoms with van der Waals surface area (Å²) in [5, 5.41) is 1.49. The Morgan fingerprint density at radius 2 is 2.11 bits per heavy atom. The minimum atomic E-state index is -3.55. The minimum absolute atomic E-state index is 0.167. The van der Waals surface area contributed by atoms with Crippen LogP contribution in [0.3, 0.4) is 0 Å². The van der Waals surface area contributed by atoms with Crippen molar-refractivity contribution >= 4 is 5.69 Å². The molecule has 1 aromatic rings. The zero-order valence-electron chi connectivity index (χ0n) is 10.7. The average Bonchev–Trinajstić information content (AvgIpc) is 2.37. The zero-order valence-corrected chi connectivity index (χ0v) is 9.73. The Kier molecular flexibility index (Phi) is 2.55. The van der Waals surface area contributed by atoms with Gasteiger partial charge in [-0.15, -0.1) is 8.78 Å². The number of benzene rings is 1. The predicted molar refractivity (Wildman–Crippen MR) is 61.9 cm³/mol. The topological polar surface area (TPSA) is 33.7 Å².